The molecule has 0 saturated carbocycles. The van der Waals surface area contributed by atoms with Gasteiger partial charge >= 0.3 is 0 Å². The van der Waals surface area contributed by atoms with Gasteiger partial charge in [0.05, 0.1) is 6.61 Å². The zero-order chi connectivity index (χ0) is 23.9. The van der Waals surface area contributed by atoms with Gasteiger partial charge in [-0.25, -0.2) is 4.39 Å². The highest BCUT2D eigenvalue weighted by Crippen LogP contribution is 2.45. The molecule has 0 aliphatic rings. The summed E-state index contributed by atoms with van der Waals surface area (Å²) in [4.78, 5) is 0. The molecular weight excluding hydrogens is 427 g/mol. The topological polar surface area (TPSA) is 38.7 Å². The van der Waals surface area contributed by atoms with Crippen LogP contribution in [-0.4, -0.2) is 5.11 Å². The second kappa shape index (κ2) is 11.0. The maximum absolute atomic E-state index is 13.7. The molecule has 3 nitrogen and oxygen atoms in total. The fourth-order valence-corrected chi connectivity index (χ4v) is 4.02. The van der Waals surface area contributed by atoms with Crippen LogP contribution < -0.4 is 9.47 Å². The van der Waals surface area contributed by atoms with E-state index in [1.807, 2.05) is 66.7 Å². The van der Waals surface area contributed by atoms with Crippen LogP contribution in [-0.2, 0) is 19.8 Å². The van der Waals surface area contributed by atoms with Crippen molar-refractivity contribution in [2.75, 3.05) is 0 Å². The van der Waals surface area contributed by atoms with E-state index in [-0.39, 0.29) is 18.3 Å². The number of rotatable bonds is 9. The number of halogens is 1. The summed E-state index contributed by atoms with van der Waals surface area (Å²) in [6.45, 7) is 4.70. The molecule has 0 heterocycles. The van der Waals surface area contributed by atoms with E-state index in [1.54, 1.807) is 12.1 Å². The molecule has 1 N–H and O–H groups in total. The van der Waals surface area contributed by atoms with E-state index in [2.05, 4.69) is 13.8 Å². The average molecular weight is 457 g/mol. The number of benzene rings is 4. The molecule has 4 aromatic carbocycles. The van der Waals surface area contributed by atoms with Crippen LogP contribution in [0.3, 0.4) is 0 Å². The predicted octanol–water partition coefficient (Wildman–Crippen LogP) is 7.27. The first-order chi connectivity index (χ1) is 16.6. The molecule has 174 valence electrons. The van der Waals surface area contributed by atoms with Crippen LogP contribution in [0.15, 0.2) is 91.0 Å². The molecule has 4 rings (SSSR count). The van der Waals surface area contributed by atoms with Gasteiger partial charge in [-0.15, -0.1) is 0 Å². The van der Waals surface area contributed by atoms with Gasteiger partial charge in [0.25, 0.3) is 0 Å². The Morgan fingerprint density at radius 3 is 1.85 bits per heavy atom. The van der Waals surface area contributed by atoms with Gasteiger partial charge in [-0.2, -0.15) is 0 Å². The lowest BCUT2D eigenvalue weighted by Gasteiger charge is -2.24. The van der Waals surface area contributed by atoms with Crippen molar-refractivity contribution in [2.24, 2.45) is 0 Å². The molecule has 0 atom stereocenters. The maximum atomic E-state index is 13.7. The Balaban J connectivity index is 1.85. The molecule has 0 amide bonds. The molecule has 0 saturated heterocycles. The lowest BCUT2D eigenvalue weighted by atomic mass is 9.89. The quantitative estimate of drug-likeness (QED) is 0.288. The van der Waals surface area contributed by atoms with Gasteiger partial charge in [0.1, 0.15) is 19.0 Å². The molecule has 0 radical (unpaired) electrons. The van der Waals surface area contributed by atoms with E-state index in [1.165, 1.54) is 12.1 Å². The zero-order valence-corrected chi connectivity index (χ0v) is 19.5. The maximum Gasteiger partial charge on any atom is 0.169 e. The Morgan fingerprint density at radius 1 is 0.765 bits per heavy atom. The summed E-state index contributed by atoms with van der Waals surface area (Å²) in [6, 6.07) is 28.1. The van der Waals surface area contributed by atoms with Crippen LogP contribution in [0.4, 0.5) is 4.39 Å². The van der Waals surface area contributed by atoms with E-state index < -0.39 is 0 Å². The minimum Gasteiger partial charge on any atom is -0.485 e. The predicted molar refractivity (Wildman–Crippen MR) is 133 cm³/mol. The van der Waals surface area contributed by atoms with Crippen molar-refractivity contribution in [3.63, 3.8) is 0 Å². The third kappa shape index (κ3) is 5.46. The first-order valence-corrected chi connectivity index (χ1v) is 11.5. The fourth-order valence-electron chi connectivity index (χ4n) is 4.02. The SMILES string of the molecule is CC(C)c1cc(OCc2ccccc2)c(OCc2ccccc2)c(-c2ccc(F)cc2)c1CO. The molecule has 0 aromatic heterocycles. The fraction of sp³-hybridized carbons (Fsp3) is 0.200. The molecule has 0 aliphatic heterocycles. The van der Waals surface area contributed by atoms with Crippen molar-refractivity contribution >= 4 is 0 Å². The zero-order valence-electron chi connectivity index (χ0n) is 19.5. The highest BCUT2D eigenvalue weighted by molar-refractivity contribution is 5.79. The smallest absolute Gasteiger partial charge is 0.169 e. The van der Waals surface area contributed by atoms with Crippen LogP contribution in [0.5, 0.6) is 11.5 Å². The average Bonchev–Trinajstić information content (AvgIpc) is 2.87. The Labute approximate surface area is 200 Å². The third-order valence-electron chi connectivity index (χ3n) is 5.76. The van der Waals surface area contributed by atoms with Gasteiger partial charge in [-0.1, -0.05) is 86.6 Å². The Morgan fingerprint density at radius 2 is 1.32 bits per heavy atom. The highest BCUT2D eigenvalue weighted by atomic mass is 19.1. The van der Waals surface area contributed by atoms with Crippen LogP contribution >= 0.6 is 0 Å². The second-order valence-corrected chi connectivity index (χ2v) is 8.51. The Bertz CT molecular complexity index is 1200. The summed E-state index contributed by atoms with van der Waals surface area (Å²) in [7, 11) is 0. The summed E-state index contributed by atoms with van der Waals surface area (Å²) in [6.07, 6.45) is 0. The normalized spacial score (nSPS) is 11.0. The van der Waals surface area contributed by atoms with Crippen molar-refractivity contribution in [2.45, 2.75) is 39.6 Å². The van der Waals surface area contributed by atoms with Crippen LogP contribution in [0.1, 0.15) is 42.0 Å². The first-order valence-electron chi connectivity index (χ1n) is 11.5. The number of aliphatic hydroxyl groups excluding tert-OH is 1. The van der Waals surface area contributed by atoms with Crippen LogP contribution in [0, 0.1) is 5.82 Å². The molecule has 34 heavy (non-hydrogen) atoms. The van der Waals surface area contributed by atoms with Gasteiger partial charge in [-0.3, -0.25) is 0 Å². The minimum atomic E-state index is -0.318. The van der Waals surface area contributed by atoms with Gasteiger partial charge in [0.15, 0.2) is 11.5 Å². The second-order valence-electron chi connectivity index (χ2n) is 8.51. The van der Waals surface area contributed by atoms with E-state index in [0.29, 0.717) is 24.7 Å². The largest absolute Gasteiger partial charge is 0.485 e. The van der Waals surface area contributed by atoms with Crippen molar-refractivity contribution in [1.29, 1.82) is 0 Å². The van der Waals surface area contributed by atoms with Crippen molar-refractivity contribution < 1.29 is 19.0 Å². The summed E-state index contributed by atoms with van der Waals surface area (Å²) < 4.78 is 26.4. The molecule has 4 heteroatoms. The van der Waals surface area contributed by atoms with Crippen LogP contribution in [0.2, 0.25) is 0 Å². The van der Waals surface area contributed by atoms with Crippen molar-refractivity contribution in [3.05, 3.63) is 119 Å². The summed E-state index contributed by atoms with van der Waals surface area (Å²) >= 11 is 0. The Hall–Kier alpha value is -3.63. The Kier molecular flexibility index (Phi) is 7.61. The third-order valence-corrected chi connectivity index (χ3v) is 5.76. The standard InChI is InChI=1S/C30H29FO3/c1-21(2)26-17-28(33-19-22-9-5-3-6-10-22)30(34-20-23-11-7-4-8-12-23)29(27(26)18-32)24-13-15-25(31)16-14-24/h3-17,21,32H,18-20H2,1-2H3. The van der Waals surface area contributed by atoms with Crippen LogP contribution in [0.25, 0.3) is 11.1 Å². The lowest BCUT2D eigenvalue weighted by molar-refractivity contribution is 0.252. The molecule has 4 aromatic rings. The van der Waals surface area contributed by atoms with Gasteiger partial charge in [0.2, 0.25) is 0 Å². The highest BCUT2D eigenvalue weighted by Gasteiger charge is 2.23. The van der Waals surface area contributed by atoms with Gasteiger partial charge in [0, 0.05) is 5.56 Å². The van der Waals surface area contributed by atoms with Crippen molar-refractivity contribution in [1.82, 2.24) is 0 Å². The summed E-state index contributed by atoms with van der Waals surface area (Å²) in [5.41, 5.74) is 5.28. The molecule has 0 bridgehead atoms. The van der Waals surface area contributed by atoms with E-state index in [0.717, 1.165) is 33.4 Å². The van der Waals surface area contributed by atoms with Gasteiger partial charge < -0.3 is 14.6 Å². The lowest BCUT2D eigenvalue weighted by Crippen LogP contribution is -2.07. The number of ether oxygens (including phenoxy) is 2. The van der Waals surface area contributed by atoms with E-state index >= 15 is 0 Å². The van der Waals surface area contributed by atoms with Gasteiger partial charge in [-0.05, 0) is 51.9 Å². The number of aliphatic hydroxyl groups is 1. The molecule has 0 fully saturated rings. The van der Waals surface area contributed by atoms with Crippen molar-refractivity contribution in [3.8, 4) is 22.6 Å². The summed E-state index contributed by atoms with van der Waals surface area (Å²) in [5, 5.41) is 10.4. The first kappa shape index (κ1) is 23.5. The molecule has 0 unspecified atom stereocenters. The summed E-state index contributed by atoms with van der Waals surface area (Å²) in [5.74, 6) is 0.963. The number of hydrogen-bond donors (Lipinski definition) is 1. The minimum absolute atomic E-state index is 0.142. The number of hydrogen-bond acceptors (Lipinski definition) is 3. The van der Waals surface area contributed by atoms with E-state index in [9.17, 15) is 9.50 Å². The van der Waals surface area contributed by atoms with E-state index in [4.69, 9.17) is 9.47 Å². The molecule has 0 aliphatic carbocycles. The monoisotopic (exact) mass is 456 g/mol. The molecule has 0 spiro atoms. The molecular formula is C30H29FO3.